The van der Waals surface area contributed by atoms with E-state index in [1.165, 1.54) is 148 Å². The minimum Gasteiger partial charge on any atom is -0.756 e. The van der Waals surface area contributed by atoms with Crippen molar-refractivity contribution < 1.29 is 37.3 Å². The monoisotopic (exact) mass is 854 g/mol. The van der Waals surface area contributed by atoms with Gasteiger partial charge in [-0.25, -0.2) is 0 Å². The van der Waals surface area contributed by atoms with Crippen LogP contribution in [-0.4, -0.2) is 70.7 Å². The van der Waals surface area contributed by atoms with Crippen LogP contribution in [0.2, 0.25) is 0 Å². The number of hydrogen-bond acceptors (Lipinski definition) is 7. The number of allylic oxidation sites excluding steroid dienone is 6. The molecule has 2 unspecified atom stereocenters. The van der Waals surface area contributed by atoms with Crippen molar-refractivity contribution in [1.29, 1.82) is 0 Å². The van der Waals surface area contributed by atoms with Crippen molar-refractivity contribution in [3.05, 3.63) is 36.5 Å². The minimum atomic E-state index is -4.53. The van der Waals surface area contributed by atoms with E-state index in [1.807, 2.05) is 21.1 Å². The number of unbranched alkanes of at least 4 members (excludes halogenated alkanes) is 26. The Morgan fingerprint density at radius 2 is 0.932 bits per heavy atom. The van der Waals surface area contributed by atoms with Gasteiger partial charge in [0.15, 0.2) is 0 Å². The summed E-state index contributed by atoms with van der Waals surface area (Å²) in [5.41, 5.74) is 0. The minimum absolute atomic E-state index is 0.0242. The Morgan fingerprint density at radius 1 is 0.525 bits per heavy atom. The van der Waals surface area contributed by atoms with Crippen LogP contribution in [0.4, 0.5) is 0 Å². The highest BCUT2D eigenvalue weighted by Crippen LogP contribution is 2.38. The highest BCUT2D eigenvalue weighted by Gasteiger charge is 2.20. The van der Waals surface area contributed by atoms with Crippen LogP contribution in [0, 0.1) is 0 Å². The van der Waals surface area contributed by atoms with Crippen LogP contribution in [0.1, 0.15) is 219 Å². The molecule has 0 heterocycles. The summed E-state index contributed by atoms with van der Waals surface area (Å²) in [7, 11) is 1.35. The topological polar surface area (TPSA) is 94.1 Å². The molecule has 0 fully saturated rings. The van der Waals surface area contributed by atoms with Crippen molar-refractivity contribution in [2.45, 2.75) is 225 Å². The van der Waals surface area contributed by atoms with Gasteiger partial charge in [-0.15, -0.1) is 0 Å². The van der Waals surface area contributed by atoms with Crippen LogP contribution >= 0.6 is 7.82 Å². The molecule has 0 aromatic rings. The van der Waals surface area contributed by atoms with Gasteiger partial charge >= 0.3 is 5.97 Å². The fraction of sp³-hybridized carbons (Fsp3) is 0.860. The molecule has 0 aliphatic heterocycles. The molecule has 0 radical (unpaired) electrons. The maximum Gasteiger partial charge on any atom is 0.306 e. The van der Waals surface area contributed by atoms with E-state index in [0.29, 0.717) is 24.1 Å². The number of hydrogen-bond donors (Lipinski definition) is 0. The number of carbonyl (C=O) groups is 1. The van der Waals surface area contributed by atoms with Crippen molar-refractivity contribution in [3.8, 4) is 0 Å². The van der Waals surface area contributed by atoms with Gasteiger partial charge in [0.05, 0.1) is 34.4 Å². The number of esters is 1. The number of phosphoric ester groups is 1. The van der Waals surface area contributed by atoms with Crippen LogP contribution < -0.4 is 4.89 Å². The van der Waals surface area contributed by atoms with Crippen LogP contribution in [0.5, 0.6) is 0 Å². The Hall–Kier alpha value is -1.28. The Bertz CT molecular complexity index is 1040. The maximum absolute atomic E-state index is 12.7. The van der Waals surface area contributed by atoms with E-state index < -0.39 is 13.9 Å². The van der Waals surface area contributed by atoms with Gasteiger partial charge in [-0.3, -0.25) is 9.36 Å². The third kappa shape index (κ3) is 47.6. The van der Waals surface area contributed by atoms with Crippen molar-refractivity contribution >= 4 is 13.8 Å². The lowest BCUT2D eigenvalue weighted by Crippen LogP contribution is -2.37. The number of nitrogens with zero attached hydrogens (tertiary/aromatic N) is 1. The number of ether oxygens (including phenoxy) is 2. The highest BCUT2D eigenvalue weighted by molar-refractivity contribution is 7.45. The van der Waals surface area contributed by atoms with E-state index in [2.05, 4.69) is 50.3 Å². The van der Waals surface area contributed by atoms with Crippen molar-refractivity contribution in [2.24, 2.45) is 0 Å². The second-order valence-electron chi connectivity index (χ2n) is 17.8. The Morgan fingerprint density at radius 3 is 1.39 bits per heavy atom. The lowest BCUT2D eigenvalue weighted by Gasteiger charge is -2.28. The van der Waals surface area contributed by atoms with Crippen LogP contribution in [0.3, 0.4) is 0 Å². The molecule has 8 nitrogen and oxygen atoms in total. The lowest BCUT2D eigenvalue weighted by molar-refractivity contribution is -0.870. The molecule has 0 aliphatic carbocycles. The van der Waals surface area contributed by atoms with E-state index in [1.54, 1.807) is 0 Å². The smallest absolute Gasteiger partial charge is 0.306 e. The summed E-state index contributed by atoms with van der Waals surface area (Å²) < 4.78 is 34.7. The van der Waals surface area contributed by atoms with Gasteiger partial charge < -0.3 is 27.9 Å². The summed E-state index contributed by atoms with van der Waals surface area (Å²) in [5.74, 6) is -0.342. The summed E-state index contributed by atoms with van der Waals surface area (Å²) in [6.45, 7) is 5.40. The first-order valence-electron chi connectivity index (χ1n) is 24.7. The zero-order chi connectivity index (χ0) is 43.4. The second kappa shape index (κ2) is 43.4. The third-order valence-corrected chi connectivity index (χ3v) is 11.6. The van der Waals surface area contributed by atoms with E-state index in [4.69, 9.17) is 18.5 Å². The van der Waals surface area contributed by atoms with Gasteiger partial charge in [0.25, 0.3) is 7.82 Å². The molecule has 0 rings (SSSR count). The Labute approximate surface area is 365 Å². The van der Waals surface area contributed by atoms with Gasteiger partial charge in [-0.1, -0.05) is 179 Å². The first-order valence-corrected chi connectivity index (χ1v) is 26.2. The number of carbonyl (C=O) groups excluding carboxylic acids is 1. The largest absolute Gasteiger partial charge is 0.756 e. The molecule has 0 N–H and O–H groups in total. The van der Waals surface area contributed by atoms with Gasteiger partial charge in [0.2, 0.25) is 0 Å². The van der Waals surface area contributed by atoms with Crippen molar-refractivity contribution in [2.75, 3.05) is 54.1 Å². The fourth-order valence-corrected chi connectivity index (χ4v) is 7.54. The predicted molar refractivity (Wildman–Crippen MR) is 250 cm³/mol. The number of likely N-dealkylation sites (N-methyl/N-ethyl adjacent to an activating group) is 1. The average Bonchev–Trinajstić information content (AvgIpc) is 3.19. The van der Waals surface area contributed by atoms with Gasteiger partial charge in [0.1, 0.15) is 19.3 Å². The summed E-state index contributed by atoms with van der Waals surface area (Å²) in [4.78, 5) is 25.1. The summed E-state index contributed by atoms with van der Waals surface area (Å²) in [6, 6.07) is 0. The molecule has 0 aromatic heterocycles. The molecular formula is C50H96NO7P. The molecule has 0 saturated carbocycles. The molecule has 0 bridgehead atoms. The number of phosphoric acid groups is 1. The standard InChI is InChI=1S/C50H96NO7P/c1-6-8-10-12-14-16-18-20-22-23-24-25-26-27-28-30-32-34-36-38-40-42-45-55-47-49(48-57-59(53,54)56-46-44-51(3,4)5)58-50(52)43-41-39-37-35-33-31-29-21-19-17-15-13-11-9-7-2/h18,20-21,23-24,29,49H,6-17,19,22,25-28,30-48H2,1-5H3/b20-18-,24-23-,29-21-. The van der Waals surface area contributed by atoms with E-state index >= 15 is 0 Å². The lowest BCUT2D eigenvalue weighted by atomic mass is 10.1. The summed E-state index contributed by atoms with van der Waals surface area (Å²) in [6.07, 6.45) is 51.6. The predicted octanol–water partition coefficient (Wildman–Crippen LogP) is 14.3. The van der Waals surface area contributed by atoms with Gasteiger partial charge in [-0.05, 0) is 70.6 Å². The van der Waals surface area contributed by atoms with Gasteiger partial charge in [-0.2, -0.15) is 0 Å². The first kappa shape index (κ1) is 57.7. The average molecular weight is 854 g/mol. The first-order chi connectivity index (χ1) is 28.6. The molecule has 0 amide bonds. The zero-order valence-corrected chi connectivity index (χ0v) is 40.4. The van der Waals surface area contributed by atoms with Crippen LogP contribution in [0.15, 0.2) is 36.5 Å². The normalized spacial score (nSPS) is 13.9. The molecule has 348 valence electrons. The summed E-state index contributed by atoms with van der Waals surface area (Å²) in [5, 5.41) is 0. The number of quaternary nitrogens is 1. The SMILES string of the molecule is CCCCCCC/C=C\C/C=C\CCCCCCCCCCCCOCC(COP(=O)([O-])OCC[N+](C)(C)C)OC(=O)CCCCCCC/C=C\CCCCCCCC. The summed E-state index contributed by atoms with van der Waals surface area (Å²) >= 11 is 0. The number of rotatable bonds is 46. The second-order valence-corrected chi connectivity index (χ2v) is 19.2. The van der Waals surface area contributed by atoms with Crippen molar-refractivity contribution in [3.63, 3.8) is 0 Å². The fourth-order valence-electron chi connectivity index (χ4n) is 6.81. The Kier molecular flexibility index (Phi) is 42.4. The van der Waals surface area contributed by atoms with E-state index in [-0.39, 0.29) is 25.8 Å². The molecule has 9 heteroatoms. The molecule has 0 spiro atoms. The quantitative estimate of drug-likeness (QED) is 0.0198. The molecular weight excluding hydrogens is 758 g/mol. The molecule has 2 atom stereocenters. The molecule has 59 heavy (non-hydrogen) atoms. The van der Waals surface area contributed by atoms with Crippen LogP contribution in [-0.2, 0) is 27.9 Å². The van der Waals surface area contributed by atoms with Gasteiger partial charge in [0, 0.05) is 13.0 Å². The zero-order valence-electron chi connectivity index (χ0n) is 39.5. The molecule has 0 aliphatic rings. The van der Waals surface area contributed by atoms with E-state index in [9.17, 15) is 14.3 Å². The van der Waals surface area contributed by atoms with E-state index in [0.717, 1.165) is 51.4 Å². The molecule has 0 saturated heterocycles. The third-order valence-electron chi connectivity index (χ3n) is 10.7. The van der Waals surface area contributed by atoms with Crippen molar-refractivity contribution in [1.82, 2.24) is 0 Å². The van der Waals surface area contributed by atoms with Crippen LogP contribution in [0.25, 0.3) is 0 Å². The maximum atomic E-state index is 12.7. The Balaban J connectivity index is 4.15. The highest BCUT2D eigenvalue weighted by atomic mass is 31.2. The molecule has 0 aromatic carbocycles.